The van der Waals surface area contributed by atoms with E-state index in [1.807, 2.05) is 32.6 Å². The van der Waals surface area contributed by atoms with Gasteiger partial charge in [0.2, 0.25) is 0 Å². The van der Waals surface area contributed by atoms with Gasteiger partial charge >= 0.3 is 6.09 Å². The van der Waals surface area contributed by atoms with Crippen LogP contribution in [0.15, 0.2) is 0 Å². The van der Waals surface area contributed by atoms with Crippen molar-refractivity contribution in [3.63, 3.8) is 0 Å². The maximum absolute atomic E-state index is 12.2. The molecule has 0 unspecified atom stereocenters. The van der Waals surface area contributed by atoms with E-state index in [-0.39, 0.29) is 24.3 Å². The fraction of sp³-hybridized carbons (Fsp3) is 0.929. The van der Waals surface area contributed by atoms with Crippen LogP contribution in [-0.4, -0.2) is 53.0 Å². The molecule has 0 aromatic carbocycles. The fourth-order valence-electron chi connectivity index (χ4n) is 3.11. The number of nitrogens with one attached hydrogen (secondary N) is 1. The lowest BCUT2D eigenvalue weighted by Crippen LogP contribution is -2.49. The second kappa shape index (κ2) is 5.29. The Hall–Kier alpha value is -0.810. The van der Waals surface area contributed by atoms with Crippen LogP contribution in [0.4, 0.5) is 4.79 Å². The first kappa shape index (κ1) is 14.6. The van der Waals surface area contributed by atoms with Gasteiger partial charge in [0.05, 0.1) is 6.10 Å². The zero-order valence-corrected chi connectivity index (χ0v) is 12.3. The van der Waals surface area contributed by atoms with Crippen LogP contribution in [0.25, 0.3) is 0 Å². The van der Waals surface area contributed by atoms with Gasteiger partial charge in [0, 0.05) is 25.2 Å². The van der Waals surface area contributed by atoms with Crippen LogP contribution >= 0.6 is 0 Å². The van der Waals surface area contributed by atoms with E-state index in [0.29, 0.717) is 12.5 Å². The van der Waals surface area contributed by atoms with E-state index < -0.39 is 5.60 Å². The van der Waals surface area contributed by atoms with Gasteiger partial charge in [-0.3, -0.25) is 0 Å². The minimum atomic E-state index is -0.459. The van der Waals surface area contributed by atoms with E-state index in [4.69, 9.17) is 4.74 Å². The SMILES string of the molecule is C[C@H](O)[C@H]1NC[C@@H]2CC[C@@H]1CN2C(=O)OC(C)(C)C. The molecule has 3 heterocycles. The third-order valence-corrected chi connectivity index (χ3v) is 3.99. The maximum Gasteiger partial charge on any atom is 0.410 e. The molecule has 3 aliphatic rings. The summed E-state index contributed by atoms with van der Waals surface area (Å²) in [7, 11) is 0. The van der Waals surface area contributed by atoms with Crippen LogP contribution in [-0.2, 0) is 4.74 Å². The number of aliphatic hydroxyl groups is 1. The second-order valence-corrected chi connectivity index (χ2v) is 6.80. The number of carbonyl (C=O) groups excluding carboxylic acids is 1. The number of rotatable bonds is 1. The summed E-state index contributed by atoms with van der Waals surface area (Å²) in [6.45, 7) is 8.90. The standard InChI is InChI=1S/C14H26N2O3/c1-9(17)12-10-5-6-11(7-15-12)16(8-10)13(18)19-14(2,3)4/h9-12,15,17H,5-8H2,1-4H3/t9-,10+,11-,12+/m0/s1. The highest BCUT2D eigenvalue weighted by Crippen LogP contribution is 2.30. The smallest absolute Gasteiger partial charge is 0.410 e. The molecule has 0 saturated carbocycles. The predicted molar refractivity (Wildman–Crippen MR) is 72.9 cm³/mol. The van der Waals surface area contributed by atoms with Gasteiger partial charge in [0.25, 0.3) is 0 Å². The van der Waals surface area contributed by atoms with E-state index in [2.05, 4.69) is 5.32 Å². The topological polar surface area (TPSA) is 61.8 Å². The van der Waals surface area contributed by atoms with Crippen molar-refractivity contribution in [3.05, 3.63) is 0 Å². The summed E-state index contributed by atoms with van der Waals surface area (Å²) in [5.41, 5.74) is -0.459. The van der Waals surface area contributed by atoms with E-state index >= 15 is 0 Å². The summed E-state index contributed by atoms with van der Waals surface area (Å²) in [6.07, 6.45) is 1.43. The number of aliphatic hydroxyl groups excluding tert-OH is 1. The van der Waals surface area contributed by atoms with Crippen molar-refractivity contribution in [1.29, 1.82) is 0 Å². The molecule has 110 valence electrons. The Balaban J connectivity index is 2.07. The van der Waals surface area contributed by atoms with Gasteiger partial charge in [-0.25, -0.2) is 4.79 Å². The van der Waals surface area contributed by atoms with E-state index in [0.717, 1.165) is 19.4 Å². The van der Waals surface area contributed by atoms with Gasteiger partial charge in [0.15, 0.2) is 0 Å². The zero-order valence-electron chi connectivity index (χ0n) is 12.3. The first-order chi connectivity index (χ1) is 8.78. The Morgan fingerprint density at radius 2 is 2.11 bits per heavy atom. The molecule has 0 radical (unpaired) electrons. The molecule has 19 heavy (non-hydrogen) atoms. The molecule has 1 amide bonds. The monoisotopic (exact) mass is 270 g/mol. The number of hydrogen-bond acceptors (Lipinski definition) is 4. The number of carbonyl (C=O) groups is 1. The minimum Gasteiger partial charge on any atom is -0.444 e. The van der Waals surface area contributed by atoms with Crippen LogP contribution in [0.5, 0.6) is 0 Å². The molecule has 5 nitrogen and oxygen atoms in total. The summed E-state index contributed by atoms with van der Waals surface area (Å²) < 4.78 is 5.48. The molecule has 2 bridgehead atoms. The molecule has 2 N–H and O–H groups in total. The molecule has 3 saturated heterocycles. The quantitative estimate of drug-likeness (QED) is 0.755. The van der Waals surface area contributed by atoms with Gasteiger partial charge in [-0.1, -0.05) is 0 Å². The van der Waals surface area contributed by atoms with Gasteiger partial charge in [-0.05, 0) is 46.5 Å². The molecular weight excluding hydrogens is 244 g/mol. The molecule has 3 rings (SSSR count). The van der Waals surface area contributed by atoms with Gasteiger partial charge in [0.1, 0.15) is 5.60 Å². The molecule has 0 aromatic rings. The summed E-state index contributed by atoms with van der Waals surface area (Å²) in [6, 6.07) is 0.271. The average molecular weight is 270 g/mol. The lowest BCUT2D eigenvalue weighted by molar-refractivity contribution is 0.00463. The zero-order chi connectivity index (χ0) is 14.2. The summed E-state index contributed by atoms with van der Waals surface area (Å²) in [5, 5.41) is 13.2. The number of ether oxygens (including phenoxy) is 1. The number of fused-ring (bicyclic) bond motifs is 4. The van der Waals surface area contributed by atoms with Crippen molar-refractivity contribution in [2.24, 2.45) is 5.92 Å². The Kier molecular flexibility index (Phi) is 4.06. The maximum atomic E-state index is 12.2. The third-order valence-electron chi connectivity index (χ3n) is 3.99. The number of amides is 1. The highest BCUT2D eigenvalue weighted by atomic mass is 16.6. The molecule has 0 aromatic heterocycles. The van der Waals surface area contributed by atoms with Crippen molar-refractivity contribution >= 4 is 6.09 Å². The first-order valence-corrected chi connectivity index (χ1v) is 7.19. The number of hydrogen-bond donors (Lipinski definition) is 2. The Bertz CT molecular complexity index is 338. The second-order valence-electron chi connectivity index (χ2n) is 6.80. The summed E-state index contributed by atoms with van der Waals surface area (Å²) in [4.78, 5) is 14.1. The van der Waals surface area contributed by atoms with Crippen molar-refractivity contribution in [1.82, 2.24) is 10.2 Å². The average Bonchev–Trinajstić information content (AvgIpc) is 2.57. The molecule has 3 aliphatic heterocycles. The van der Waals surface area contributed by atoms with Crippen LogP contribution in [0.3, 0.4) is 0 Å². The number of nitrogens with zero attached hydrogens (tertiary/aromatic N) is 1. The lowest BCUT2D eigenvalue weighted by atomic mass is 9.88. The molecular formula is C14H26N2O3. The third kappa shape index (κ3) is 3.39. The van der Waals surface area contributed by atoms with Gasteiger partial charge in [-0.15, -0.1) is 0 Å². The van der Waals surface area contributed by atoms with Gasteiger partial charge < -0.3 is 20.1 Å². The fourth-order valence-corrected chi connectivity index (χ4v) is 3.11. The Morgan fingerprint density at radius 1 is 1.42 bits per heavy atom. The summed E-state index contributed by atoms with van der Waals surface area (Å²) in [5.74, 6) is 0.311. The minimum absolute atomic E-state index is 0.0810. The molecule has 5 heteroatoms. The molecule has 0 spiro atoms. The lowest BCUT2D eigenvalue weighted by Gasteiger charge is -2.38. The normalized spacial score (nSPS) is 32.9. The Labute approximate surface area is 115 Å². The summed E-state index contributed by atoms with van der Waals surface area (Å²) >= 11 is 0. The highest BCUT2D eigenvalue weighted by Gasteiger charge is 2.41. The van der Waals surface area contributed by atoms with Crippen molar-refractivity contribution in [3.8, 4) is 0 Å². The van der Waals surface area contributed by atoms with Crippen molar-refractivity contribution < 1.29 is 14.6 Å². The van der Waals surface area contributed by atoms with Gasteiger partial charge in [-0.2, -0.15) is 0 Å². The van der Waals surface area contributed by atoms with Crippen LogP contribution in [0.2, 0.25) is 0 Å². The largest absolute Gasteiger partial charge is 0.444 e. The van der Waals surface area contributed by atoms with Crippen LogP contribution < -0.4 is 5.32 Å². The molecule has 4 atom stereocenters. The van der Waals surface area contributed by atoms with E-state index in [1.54, 1.807) is 0 Å². The van der Waals surface area contributed by atoms with Crippen molar-refractivity contribution in [2.75, 3.05) is 13.1 Å². The van der Waals surface area contributed by atoms with Crippen LogP contribution in [0, 0.1) is 5.92 Å². The Morgan fingerprint density at radius 3 is 2.68 bits per heavy atom. The molecule has 0 aliphatic carbocycles. The highest BCUT2D eigenvalue weighted by molar-refractivity contribution is 5.68. The molecule has 3 fully saturated rings. The van der Waals surface area contributed by atoms with E-state index in [9.17, 15) is 9.90 Å². The predicted octanol–water partition coefficient (Wildman–Crippen LogP) is 1.35. The number of piperidine rings is 1. The van der Waals surface area contributed by atoms with Crippen molar-refractivity contribution in [2.45, 2.75) is 64.3 Å². The van der Waals surface area contributed by atoms with E-state index in [1.165, 1.54) is 0 Å². The first-order valence-electron chi connectivity index (χ1n) is 7.19. The van der Waals surface area contributed by atoms with Crippen LogP contribution in [0.1, 0.15) is 40.5 Å².